The molecule has 4 heterocycles. The van der Waals surface area contributed by atoms with Gasteiger partial charge in [-0.05, 0) is 41.8 Å². The molecule has 0 radical (unpaired) electrons. The fraction of sp³-hybridized carbons (Fsp3) is 0.524. The van der Waals surface area contributed by atoms with Crippen molar-refractivity contribution in [2.24, 2.45) is 0 Å². The smallest absolute Gasteiger partial charge is 0.252 e. The molecule has 1 atom stereocenters. The third-order valence-electron chi connectivity index (χ3n) is 5.81. The molecule has 0 aliphatic carbocycles. The number of tetrazole rings is 1. The Bertz CT molecular complexity index is 1140. The summed E-state index contributed by atoms with van der Waals surface area (Å²) in [4.78, 5) is 17.8. The summed E-state index contributed by atoms with van der Waals surface area (Å²) >= 11 is 0. The van der Waals surface area contributed by atoms with Gasteiger partial charge in [0.25, 0.3) is 5.56 Å². The van der Waals surface area contributed by atoms with E-state index in [-0.39, 0.29) is 25.1 Å². The molecule has 0 amide bonds. The quantitative estimate of drug-likeness (QED) is 0.495. The molecule has 32 heavy (non-hydrogen) atoms. The number of benzene rings is 1. The van der Waals surface area contributed by atoms with Gasteiger partial charge in [-0.25, -0.2) is 4.68 Å². The highest BCUT2D eigenvalue weighted by Gasteiger charge is 2.21. The largest absolute Gasteiger partial charge is 0.454 e. The Morgan fingerprint density at radius 1 is 1.22 bits per heavy atom. The Balaban J connectivity index is 1.36. The van der Waals surface area contributed by atoms with Crippen LogP contribution in [0.3, 0.4) is 0 Å². The van der Waals surface area contributed by atoms with E-state index in [0.29, 0.717) is 61.0 Å². The van der Waals surface area contributed by atoms with Gasteiger partial charge in [-0.1, -0.05) is 0 Å². The number of aliphatic hydroxyl groups is 1. The van der Waals surface area contributed by atoms with E-state index in [1.165, 1.54) is 0 Å². The number of aromatic amines is 1. The van der Waals surface area contributed by atoms with Crippen molar-refractivity contribution in [3.8, 4) is 11.5 Å². The first kappa shape index (κ1) is 20.9. The lowest BCUT2D eigenvalue weighted by atomic mass is 10.1. The van der Waals surface area contributed by atoms with Crippen molar-refractivity contribution >= 4 is 10.9 Å². The predicted molar refractivity (Wildman–Crippen MR) is 113 cm³/mol. The first-order valence-electron chi connectivity index (χ1n) is 10.8. The molecule has 0 bridgehead atoms. The van der Waals surface area contributed by atoms with E-state index in [4.69, 9.17) is 14.2 Å². The third-order valence-corrected chi connectivity index (χ3v) is 5.81. The zero-order chi connectivity index (χ0) is 21.9. The second kappa shape index (κ2) is 9.23. The van der Waals surface area contributed by atoms with Crippen LogP contribution >= 0.6 is 0 Å². The number of hydrogen-bond acceptors (Lipinski definition) is 9. The van der Waals surface area contributed by atoms with Gasteiger partial charge in [0, 0.05) is 43.3 Å². The van der Waals surface area contributed by atoms with E-state index in [1.807, 2.05) is 12.1 Å². The summed E-state index contributed by atoms with van der Waals surface area (Å²) in [5.41, 5.74) is 1.15. The summed E-state index contributed by atoms with van der Waals surface area (Å²) in [5, 5.41) is 22.4. The SMILES string of the molecule is O=c1[nH]c2cc3c(cc2cc1CN(CCCO)Cc1nnnn1C[C@@H]1CCCO1)OCO3. The van der Waals surface area contributed by atoms with E-state index in [2.05, 4.69) is 25.4 Å². The molecule has 2 aromatic heterocycles. The number of fused-ring (bicyclic) bond motifs is 2. The van der Waals surface area contributed by atoms with Crippen LogP contribution in [0.1, 0.15) is 30.7 Å². The average Bonchev–Trinajstić information content (AvgIpc) is 3.54. The van der Waals surface area contributed by atoms with Crippen LogP contribution in [0.5, 0.6) is 11.5 Å². The van der Waals surface area contributed by atoms with E-state index >= 15 is 0 Å². The number of aromatic nitrogens is 5. The minimum Gasteiger partial charge on any atom is -0.454 e. The molecule has 1 saturated heterocycles. The van der Waals surface area contributed by atoms with Crippen LogP contribution in [0.25, 0.3) is 10.9 Å². The molecular formula is C21H26N6O5. The third kappa shape index (κ3) is 4.45. The lowest BCUT2D eigenvalue weighted by molar-refractivity contribution is 0.0915. The number of aliphatic hydroxyl groups excluding tert-OH is 1. The molecule has 2 aliphatic heterocycles. The highest BCUT2D eigenvalue weighted by Crippen LogP contribution is 2.35. The lowest BCUT2D eigenvalue weighted by Crippen LogP contribution is -2.30. The second-order valence-electron chi connectivity index (χ2n) is 8.12. The van der Waals surface area contributed by atoms with Crippen molar-refractivity contribution in [1.82, 2.24) is 30.1 Å². The number of rotatable bonds is 9. The topological polar surface area (TPSA) is 128 Å². The van der Waals surface area contributed by atoms with E-state index in [9.17, 15) is 9.90 Å². The number of H-pyrrole nitrogens is 1. The zero-order valence-corrected chi connectivity index (χ0v) is 17.7. The summed E-state index contributed by atoms with van der Waals surface area (Å²) in [7, 11) is 0. The van der Waals surface area contributed by atoms with Crippen LogP contribution in [0.4, 0.5) is 0 Å². The number of ether oxygens (including phenoxy) is 3. The molecule has 170 valence electrons. The summed E-state index contributed by atoms with van der Waals surface area (Å²) in [6.07, 6.45) is 2.76. The fourth-order valence-electron chi connectivity index (χ4n) is 4.17. The monoisotopic (exact) mass is 442 g/mol. The summed E-state index contributed by atoms with van der Waals surface area (Å²) < 4.78 is 18.3. The molecule has 0 unspecified atom stereocenters. The van der Waals surface area contributed by atoms with Gasteiger partial charge in [0.2, 0.25) is 6.79 Å². The first-order chi connectivity index (χ1) is 15.7. The number of pyridine rings is 1. The van der Waals surface area contributed by atoms with E-state index in [1.54, 1.807) is 10.7 Å². The van der Waals surface area contributed by atoms with Crippen molar-refractivity contribution in [1.29, 1.82) is 0 Å². The zero-order valence-electron chi connectivity index (χ0n) is 17.7. The van der Waals surface area contributed by atoms with Gasteiger partial charge in [0.15, 0.2) is 17.3 Å². The van der Waals surface area contributed by atoms with Gasteiger partial charge in [-0.3, -0.25) is 9.69 Å². The normalized spacial score (nSPS) is 17.6. The van der Waals surface area contributed by atoms with Crippen LogP contribution in [-0.4, -0.2) is 67.9 Å². The number of hydrogen-bond donors (Lipinski definition) is 2. The summed E-state index contributed by atoms with van der Waals surface area (Å²) in [6, 6.07) is 5.53. The minimum absolute atomic E-state index is 0.0644. The van der Waals surface area contributed by atoms with Gasteiger partial charge in [0.1, 0.15) is 0 Å². The summed E-state index contributed by atoms with van der Waals surface area (Å²) in [6.45, 7) is 3.08. The molecule has 2 aliphatic rings. The second-order valence-corrected chi connectivity index (χ2v) is 8.12. The minimum atomic E-state index is -0.163. The maximum atomic E-state index is 12.8. The van der Waals surface area contributed by atoms with Crippen molar-refractivity contribution in [3.63, 3.8) is 0 Å². The Labute approximate surface area is 183 Å². The first-order valence-corrected chi connectivity index (χ1v) is 10.8. The fourth-order valence-corrected chi connectivity index (χ4v) is 4.17. The number of nitrogens with zero attached hydrogens (tertiary/aromatic N) is 5. The Hall–Kier alpha value is -3.02. The lowest BCUT2D eigenvalue weighted by Gasteiger charge is -2.21. The molecule has 1 fully saturated rings. The van der Waals surface area contributed by atoms with Crippen molar-refractivity contribution in [2.45, 2.75) is 45.0 Å². The Morgan fingerprint density at radius 2 is 2.09 bits per heavy atom. The van der Waals surface area contributed by atoms with Crippen molar-refractivity contribution in [2.75, 3.05) is 26.6 Å². The van der Waals surface area contributed by atoms with Crippen molar-refractivity contribution < 1.29 is 19.3 Å². The Kier molecular flexibility index (Phi) is 6.02. The maximum Gasteiger partial charge on any atom is 0.252 e. The molecule has 1 aromatic carbocycles. The molecular weight excluding hydrogens is 416 g/mol. The van der Waals surface area contributed by atoms with Gasteiger partial charge >= 0.3 is 0 Å². The van der Waals surface area contributed by atoms with Crippen LogP contribution < -0.4 is 15.0 Å². The molecule has 0 saturated carbocycles. The van der Waals surface area contributed by atoms with Gasteiger partial charge in [0.05, 0.1) is 24.7 Å². The van der Waals surface area contributed by atoms with Crippen LogP contribution in [0.2, 0.25) is 0 Å². The Morgan fingerprint density at radius 3 is 2.91 bits per heavy atom. The van der Waals surface area contributed by atoms with Crippen LogP contribution in [0, 0.1) is 0 Å². The summed E-state index contributed by atoms with van der Waals surface area (Å²) in [5.74, 6) is 2.00. The van der Waals surface area contributed by atoms with Gasteiger partial charge < -0.3 is 24.3 Å². The molecule has 11 nitrogen and oxygen atoms in total. The van der Waals surface area contributed by atoms with Crippen LogP contribution in [0.15, 0.2) is 23.0 Å². The molecule has 2 N–H and O–H groups in total. The highest BCUT2D eigenvalue weighted by atomic mass is 16.7. The number of nitrogens with one attached hydrogen (secondary N) is 1. The maximum absolute atomic E-state index is 12.8. The molecule has 0 spiro atoms. The van der Waals surface area contributed by atoms with Crippen LogP contribution in [-0.2, 0) is 24.4 Å². The highest BCUT2D eigenvalue weighted by molar-refractivity contribution is 5.83. The van der Waals surface area contributed by atoms with E-state index in [0.717, 1.165) is 24.8 Å². The van der Waals surface area contributed by atoms with Gasteiger partial charge in [-0.15, -0.1) is 5.10 Å². The van der Waals surface area contributed by atoms with Gasteiger partial charge in [-0.2, -0.15) is 0 Å². The average molecular weight is 442 g/mol. The van der Waals surface area contributed by atoms with E-state index < -0.39 is 0 Å². The molecule has 3 aromatic rings. The molecule has 5 rings (SSSR count). The predicted octanol–water partition coefficient (Wildman–Crippen LogP) is 0.807. The van der Waals surface area contributed by atoms with Crippen molar-refractivity contribution in [3.05, 3.63) is 39.9 Å². The standard InChI is InChI=1S/C21H26N6O5/c28-5-2-4-26(12-20-23-24-25-27(20)11-16-3-1-6-30-16)10-15-7-14-8-18-19(32-13-31-18)9-17(14)22-21(15)29/h7-9,16,28H,1-6,10-13H2,(H,22,29)/t16-/m0/s1. The molecule has 11 heteroatoms.